The van der Waals surface area contributed by atoms with Crippen LogP contribution in [0.4, 0.5) is 0 Å². The van der Waals surface area contributed by atoms with Crippen molar-refractivity contribution in [3.8, 4) is 0 Å². The van der Waals surface area contributed by atoms with Crippen molar-refractivity contribution in [2.45, 2.75) is 40.0 Å². The van der Waals surface area contributed by atoms with Gasteiger partial charge < -0.3 is 10.6 Å². The molecule has 2 aromatic carbocycles. The third-order valence-corrected chi connectivity index (χ3v) is 4.44. The molecule has 0 unspecified atom stereocenters. The van der Waals surface area contributed by atoms with Gasteiger partial charge in [0, 0.05) is 25.1 Å². The zero-order valence-corrected chi connectivity index (χ0v) is 15.9. The van der Waals surface area contributed by atoms with Crippen molar-refractivity contribution < 1.29 is 9.59 Å². The summed E-state index contributed by atoms with van der Waals surface area (Å²) < 4.78 is 0. The van der Waals surface area contributed by atoms with Crippen LogP contribution in [-0.4, -0.2) is 24.9 Å². The Morgan fingerprint density at radius 3 is 2.19 bits per heavy atom. The summed E-state index contributed by atoms with van der Waals surface area (Å²) in [6, 6.07) is 13.5. The van der Waals surface area contributed by atoms with Crippen molar-refractivity contribution in [3.05, 3.63) is 70.3 Å². The van der Waals surface area contributed by atoms with Crippen LogP contribution in [-0.2, 0) is 11.2 Å². The number of amides is 2. The van der Waals surface area contributed by atoms with Crippen molar-refractivity contribution in [2.75, 3.05) is 13.1 Å². The lowest BCUT2D eigenvalue weighted by molar-refractivity contribution is -0.121. The molecule has 0 saturated carbocycles. The lowest BCUT2D eigenvalue weighted by Crippen LogP contribution is -2.28. The minimum Gasteiger partial charge on any atom is -0.356 e. The lowest BCUT2D eigenvalue weighted by atomic mass is 9.97. The number of rotatable bonds is 8. The Balaban J connectivity index is 1.64. The third-order valence-electron chi connectivity index (χ3n) is 4.44. The number of nitrogens with one attached hydrogen (secondary N) is 2. The summed E-state index contributed by atoms with van der Waals surface area (Å²) in [5.74, 6) is -0.0716. The Hall–Kier alpha value is -2.62. The van der Waals surface area contributed by atoms with E-state index in [2.05, 4.69) is 43.5 Å². The van der Waals surface area contributed by atoms with E-state index in [1.807, 2.05) is 18.2 Å². The predicted molar refractivity (Wildman–Crippen MR) is 105 cm³/mol. The second-order valence-electron chi connectivity index (χ2n) is 6.70. The SMILES string of the molecule is Cc1cc(C)c(CCNC(=O)CCCNC(=O)c2ccccc2)c(C)c1. The molecule has 2 rings (SSSR count). The molecule has 0 saturated heterocycles. The van der Waals surface area contributed by atoms with E-state index in [4.69, 9.17) is 0 Å². The first-order valence-electron chi connectivity index (χ1n) is 9.14. The Bertz CT molecular complexity index is 731. The molecule has 0 bridgehead atoms. The molecule has 0 aliphatic carbocycles. The van der Waals surface area contributed by atoms with Gasteiger partial charge in [0.2, 0.25) is 5.91 Å². The summed E-state index contributed by atoms with van der Waals surface area (Å²) in [4.78, 5) is 23.8. The van der Waals surface area contributed by atoms with Gasteiger partial charge in [-0.15, -0.1) is 0 Å². The van der Waals surface area contributed by atoms with E-state index in [0.717, 1.165) is 6.42 Å². The van der Waals surface area contributed by atoms with Crippen molar-refractivity contribution in [1.29, 1.82) is 0 Å². The Labute approximate surface area is 156 Å². The first-order valence-corrected chi connectivity index (χ1v) is 9.14. The minimum absolute atomic E-state index is 0.0291. The van der Waals surface area contributed by atoms with E-state index in [-0.39, 0.29) is 11.8 Å². The second kappa shape index (κ2) is 9.76. The molecule has 4 nitrogen and oxygen atoms in total. The topological polar surface area (TPSA) is 58.2 Å². The second-order valence-corrected chi connectivity index (χ2v) is 6.70. The third kappa shape index (κ3) is 6.03. The predicted octanol–water partition coefficient (Wildman–Crippen LogP) is 3.48. The molecular formula is C22H28N2O2. The summed E-state index contributed by atoms with van der Waals surface area (Å²) in [5, 5.41) is 5.81. The summed E-state index contributed by atoms with van der Waals surface area (Å²) in [6.45, 7) is 7.47. The number of hydrogen-bond donors (Lipinski definition) is 2. The van der Waals surface area contributed by atoms with E-state index >= 15 is 0 Å². The molecule has 0 heterocycles. The average Bonchev–Trinajstić information content (AvgIpc) is 2.61. The minimum atomic E-state index is -0.101. The number of aryl methyl sites for hydroxylation is 3. The maximum atomic E-state index is 11.9. The van der Waals surface area contributed by atoms with Crippen LogP contribution in [0.5, 0.6) is 0 Å². The molecule has 0 atom stereocenters. The maximum Gasteiger partial charge on any atom is 0.251 e. The maximum absolute atomic E-state index is 11.9. The van der Waals surface area contributed by atoms with Gasteiger partial charge in [0.25, 0.3) is 5.91 Å². The highest BCUT2D eigenvalue weighted by atomic mass is 16.2. The van der Waals surface area contributed by atoms with Crippen LogP contribution in [0.3, 0.4) is 0 Å². The van der Waals surface area contributed by atoms with Gasteiger partial charge in [-0.25, -0.2) is 0 Å². The monoisotopic (exact) mass is 352 g/mol. The molecule has 0 aromatic heterocycles. The van der Waals surface area contributed by atoms with Gasteiger partial charge in [-0.3, -0.25) is 9.59 Å². The van der Waals surface area contributed by atoms with Crippen LogP contribution in [0, 0.1) is 20.8 Å². The van der Waals surface area contributed by atoms with E-state index in [9.17, 15) is 9.59 Å². The molecule has 138 valence electrons. The van der Waals surface area contributed by atoms with Gasteiger partial charge in [0.1, 0.15) is 0 Å². The highest BCUT2D eigenvalue weighted by Crippen LogP contribution is 2.16. The first kappa shape index (κ1) is 19.7. The quantitative estimate of drug-likeness (QED) is 0.715. The average molecular weight is 352 g/mol. The van der Waals surface area contributed by atoms with Crippen LogP contribution in [0.2, 0.25) is 0 Å². The Kier molecular flexibility index (Phi) is 7.39. The molecule has 2 aromatic rings. The van der Waals surface area contributed by atoms with E-state index in [0.29, 0.717) is 31.5 Å². The van der Waals surface area contributed by atoms with E-state index in [1.165, 1.54) is 22.3 Å². The van der Waals surface area contributed by atoms with Crippen LogP contribution in [0.15, 0.2) is 42.5 Å². The fourth-order valence-electron chi connectivity index (χ4n) is 3.16. The smallest absolute Gasteiger partial charge is 0.251 e. The van der Waals surface area contributed by atoms with Gasteiger partial charge in [-0.05, 0) is 62.4 Å². The van der Waals surface area contributed by atoms with Crippen LogP contribution in [0.1, 0.15) is 45.5 Å². The Morgan fingerprint density at radius 1 is 0.885 bits per heavy atom. The highest BCUT2D eigenvalue weighted by Gasteiger charge is 2.07. The van der Waals surface area contributed by atoms with Crippen molar-refractivity contribution in [3.63, 3.8) is 0 Å². The zero-order chi connectivity index (χ0) is 18.9. The summed E-state index contributed by atoms with van der Waals surface area (Å²) in [7, 11) is 0. The summed E-state index contributed by atoms with van der Waals surface area (Å²) in [5.41, 5.74) is 5.78. The largest absolute Gasteiger partial charge is 0.356 e. The van der Waals surface area contributed by atoms with Crippen LogP contribution in [0.25, 0.3) is 0 Å². The van der Waals surface area contributed by atoms with Crippen molar-refractivity contribution in [1.82, 2.24) is 10.6 Å². The standard InChI is InChI=1S/C22H28N2O2/c1-16-14-17(2)20(18(3)15-16)11-13-23-21(25)10-7-12-24-22(26)19-8-5-4-6-9-19/h4-6,8-9,14-15H,7,10-13H2,1-3H3,(H,23,25)(H,24,26). The fraction of sp³-hybridized carbons (Fsp3) is 0.364. The normalized spacial score (nSPS) is 10.4. The molecule has 0 radical (unpaired) electrons. The molecule has 0 fully saturated rings. The van der Waals surface area contributed by atoms with Gasteiger partial charge >= 0.3 is 0 Å². The molecule has 2 N–H and O–H groups in total. The number of hydrogen-bond acceptors (Lipinski definition) is 2. The number of carbonyl (C=O) groups excluding carboxylic acids is 2. The molecule has 26 heavy (non-hydrogen) atoms. The van der Waals surface area contributed by atoms with Crippen LogP contribution >= 0.6 is 0 Å². The Morgan fingerprint density at radius 2 is 1.54 bits per heavy atom. The molecule has 0 aliphatic rings. The van der Waals surface area contributed by atoms with Crippen molar-refractivity contribution >= 4 is 11.8 Å². The molecule has 2 amide bonds. The first-order chi connectivity index (χ1) is 12.5. The summed E-state index contributed by atoms with van der Waals surface area (Å²) >= 11 is 0. The summed E-state index contributed by atoms with van der Waals surface area (Å²) in [6.07, 6.45) is 1.89. The van der Waals surface area contributed by atoms with Gasteiger partial charge in [0.05, 0.1) is 0 Å². The van der Waals surface area contributed by atoms with Gasteiger partial charge in [-0.1, -0.05) is 35.9 Å². The molecule has 0 aliphatic heterocycles. The lowest BCUT2D eigenvalue weighted by Gasteiger charge is -2.12. The molecule has 4 heteroatoms. The number of benzene rings is 2. The number of carbonyl (C=O) groups is 2. The van der Waals surface area contributed by atoms with E-state index in [1.54, 1.807) is 12.1 Å². The van der Waals surface area contributed by atoms with E-state index < -0.39 is 0 Å². The fourth-order valence-corrected chi connectivity index (χ4v) is 3.16. The molecular weight excluding hydrogens is 324 g/mol. The van der Waals surface area contributed by atoms with Gasteiger partial charge in [0.15, 0.2) is 0 Å². The van der Waals surface area contributed by atoms with Gasteiger partial charge in [-0.2, -0.15) is 0 Å². The molecule has 0 spiro atoms. The van der Waals surface area contributed by atoms with Crippen molar-refractivity contribution in [2.24, 2.45) is 0 Å². The van der Waals surface area contributed by atoms with Crippen LogP contribution < -0.4 is 10.6 Å². The highest BCUT2D eigenvalue weighted by molar-refractivity contribution is 5.94. The zero-order valence-electron chi connectivity index (χ0n) is 15.9.